The minimum atomic E-state index is -2.04. The maximum absolute atomic E-state index is 13.1. The van der Waals surface area contributed by atoms with Gasteiger partial charge in [-0.05, 0) is 25.0 Å². The third kappa shape index (κ3) is 9.02. The molecule has 1 aromatic carbocycles. The van der Waals surface area contributed by atoms with Gasteiger partial charge in [-0.25, -0.2) is 4.79 Å². The van der Waals surface area contributed by atoms with Crippen LogP contribution in [-0.2, 0) is 49.2 Å². The number of fused-ring (bicyclic) bond motifs is 1. The van der Waals surface area contributed by atoms with E-state index in [9.17, 15) is 70.9 Å². The summed E-state index contributed by atoms with van der Waals surface area (Å²) >= 11 is 0. The van der Waals surface area contributed by atoms with Crippen molar-refractivity contribution in [2.24, 2.45) is 0 Å². The zero-order chi connectivity index (χ0) is 42.2. The predicted molar refractivity (Wildman–Crippen MR) is 186 cm³/mol. The number of nitrogens with one attached hydrogen (secondary N) is 2. The molecule has 20 atom stereocenters. The number of ether oxygens (including phenoxy) is 7. The summed E-state index contributed by atoms with van der Waals surface area (Å²) in [4.78, 5) is 27.8. The number of aliphatic hydroxyl groups is 11. The summed E-state index contributed by atoms with van der Waals surface area (Å²) in [5.74, 6) is -2.57. The van der Waals surface area contributed by atoms with Crippen LogP contribution in [0.15, 0.2) is 30.5 Å². The Morgan fingerprint density at radius 2 is 1.28 bits per heavy atom. The van der Waals surface area contributed by atoms with Crippen molar-refractivity contribution in [2.45, 2.75) is 136 Å². The van der Waals surface area contributed by atoms with Crippen LogP contribution in [0.2, 0.25) is 0 Å². The zero-order valence-corrected chi connectivity index (χ0v) is 30.8. The smallest absolute Gasteiger partial charge is 0.335 e. The molecule has 1 amide bonds. The van der Waals surface area contributed by atoms with Crippen molar-refractivity contribution in [3.05, 3.63) is 36.0 Å². The van der Waals surface area contributed by atoms with E-state index in [0.717, 1.165) is 16.5 Å². The Hall–Kier alpha value is -3.02. The number of carbonyl (C=O) groups is 2. The van der Waals surface area contributed by atoms with Crippen molar-refractivity contribution in [1.29, 1.82) is 0 Å². The van der Waals surface area contributed by atoms with Crippen molar-refractivity contribution in [1.82, 2.24) is 10.3 Å². The Labute approximate surface area is 328 Å². The highest BCUT2D eigenvalue weighted by molar-refractivity contribution is 5.84. The molecule has 4 fully saturated rings. The molecule has 14 N–H and O–H groups in total. The molecule has 0 saturated carbocycles. The second kappa shape index (κ2) is 18.7. The van der Waals surface area contributed by atoms with Gasteiger partial charge < -0.3 is 105 Å². The first-order valence-electron chi connectivity index (χ1n) is 18.5. The number of hydrogen-bond acceptors (Lipinski definition) is 20. The van der Waals surface area contributed by atoms with E-state index >= 15 is 0 Å². The maximum Gasteiger partial charge on any atom is 0.335 e. The number of carboxylic acid groups (broad SMARTS) is 1. The van der Waals surface area contributed by atoms with Crippen molar-refractivity contribution < 1.29 is 104 Å². The fourth-order valence-electron chi connectivity index (χ4n) is 7.37. The molecule has 0 radical (unpaired) electrons. The van der Waals surface area contributed by atoms with Crippen LogP contribution < -0.4 is 5.32 Å². The van der Waals surface area contributed by atoms with Gasteiger partial charge >= 0.3 is 5.97 Å². The van der Waals surface area contributed by atoms with Gasteiger partial charge in [0.1, 0.15) is 85.5 Å². The molecular formula is C35H50N2O21. The summed E-state index contributed by atoms with van der Waals surface area (Å²) in [6.07, 6.45) is -34.2. The topological polar surface area (TPSA) is 369 Å². The number of benzene rings is 1. The first-order valence-corrected chi connectivity index (χ1v) is 18.5. The van der Waals surface area contributed by atoms with Gasteiger partial charge in [0, 0.05) is 23.6 Å². The second-order valence-electron chi connectivity index (χ2n) is 14.6. The molecular weight excluding hydrogens is 784 g/mol. The summed E-state index contributed by atoms with van der Waals surface area (Å²) < 4.78 is 38.7. The van der Waals surface area contributed by atoms with Crippen LogP contribution in [0.3, 0.4) is 0 Å². The highest BCUT2D eigenvalue weighted by Gasteiger charge is 2.54. The van der Waals surface area contributed by atoms with Gasteiger partial charge in [0.05, 0.1) is 19.3 Å². The lowest BCUT2D eigenvalue weighted by Crippen LogP contribution is -2.66. The molecule has 326 valence electrons. The molecule has 4 aliphatic heterocycles. The van der Waals surface area contributed by atoms with Crippen LogP contribution in [0, 0.1) is 0 Å². The molecule has 0 aliphatic carbocycles. The molecule has 23 nitrogen and oxygen atoms in total. The van der Waals surface area contributed by atoms with Gasteiger partial charge in [-0.15, -0.1) is 0 Å². The molecule has 58 heavy (non-hydrogen) atoms. The van der Waals surface area contributed by atoms with E-state index in [1.807, 2.05) is 24.3 Å². The number of carbonyl (C=O) groups excluding carboxylic acids is 1. The van der Waals surface area contributed by atoms with E-state index in [4.69, 9.17) is 33.2 Å². The highest BCUT2D eigenvalue weighted by Crippen LogP contribution is 2.33. The SMILES string of the molecule is CC1OC(COC2OC(CO)C(O)C(OC3OC(C(=O)NCCc4c[nH]c5ccccc45)C(O)C(O)C3O)C2O)C(O)C(OC2OC(C(=O)O)C(O)C(O)C2O)C1O. The van der Waals surface area contributed by atoms with Crippen LogP contribution in [0.5, 0.6) is 0 Å². The van der Waals surface area contributed by atoms with Gasteiger partial charge in [-0.2, -0.15) is 0 Å². The van der Waals surface area contributed by atoms with E-state index in [1.165, 1.54) is 6.92 Å². The molecule has 4 aliphatic rings. The second-order valence-corrected chi connectivity index (χ2v) is 14.6. The first-order chi connectivity index (χ1) is 27.5. The van der Waals surface area contributed by atoms with Crippen LogP contribution in [0.25, 0.3) is 10.9 Å². The molecule has 0 bridgehead atoms. The molecule has 20 unspecified atom stereocenters. The van der Waals surface area contributed by atoms with Gasteiger partial charge in [0.25, 0.3) is 5.91 Å². The van der Waals surface area contributed by atoms with Crippen molar-refractivity contribution >= 4 is 22.8 Å². The molecule has 5 heterocycles. The number of aliphatic carboxylic acids is 1. The van der Waals surface area contributed by atoms with Crippen LogP contribution in [-0.4, -0.2) is 221 Å². The third-order valence-electron chi connectivity index (χ3n) is 10.8. The average molecular weight is 835 g/mol. The number of aliphatic hydroxyl groups excluding tert-OH is 11. The van der Waals surface area contributed by atoms with Crippen LogP contribution in [0.1, 0.15) is 12.5 Å². The van der Waals surface area contributed by atoms with Gasteiger partial charge in [0.15, 0.2) is 31.1 Å². The minimum absolute atomic E-state index is 0.0881. The fraction of sp³-hybridized carbons (Fsp3) is 0.714. The van der Waals surface area contributed by atoms with Gasteiger partial charge in [-0.1, -0.05) is 18.2 Å². The van der Waals surface area contributed by atoms with Crippen molar-refractivity contribution in [3.8, 4) is 0 Å². The summed E-state index contributed by atoms with van der Waals surface area (Å²) in [7, 11) is 0. The Balaban J connectivity index is 1.08. The van der Waals surface area contributed by atoms with Gasteiger partial charge in [-0.3, -0.25) is 4.79 Å². The molecule has 0 spiro atoms. The third-order valence-corrected chi connectivity index (χ3v) is 10.8. The molecule has 2 aromatic rings. The number of rotatable bonds is 13. The molecule has 6 rings (SSSR count). The van der Waals surface area contributed by atoms with Crippen molar-refractivity contribution in [3.63, 3.8) is 0 Å². The zero-order valence-electron chi connectivity index (χ0n) is 30.8. The normalized spacial score (nSPS) is 43.6. The first kappa shape index (κ1) is 44.5. The number of H-pyrrole nitrogens is 1. The fourth-order valence-corrected chi connectivity index (χ4v) is 7.37. The van der Waals surface area contributed by atoms with E-state index < -0.39 is 148 Å². The van der Waals surface area contributed by atoms with Gasteiger partial charge in [0.2, 0.25) is 0 Å². The quantitative estimate of drug-likeness (QED) is 0.0892. The van der Waals surface area contributed by atoms with Crippen LogP contribution >= 0.6 is 0 Å². The number of carboxylic acids is 1. The maximum atomic E-state index is 13.1. The number of amides is 1. The average Bonchev–Trinajstić information content (AvgIpc) is 3.61. The van der Waals surface area contributed by atoms with E-state index in [-0.39, 0.29) is 6.54 Å². The number of aromatic amines is 1. The standard InChI is InChI=1S/C35H50N2O21/c1-11-17(39)27(55-35-25(47)21(43)23(45)30(58-35)32(50)51)19(41)16(53-11)10-52-33-26(48)28(18(40)15(9-38)54-33)56-34-24(46)20(42)22(44)29(57-34)31(49)36-7-6-12-8-37-14-5-3-2-4-13(12)14/h2-5,8,11,15-30,33-35,37-48H,6-7,9-10H2,1H3,(H,36,49)(H,50,51). The Kier molecular flexibility index (Phi) is 14.4. The Bertz CT molecular complexity index is 1680. The number of para-hydroxylation sites is 1. The summed E-state index contributed by atoms with van der Waals surface area (Å²) in [5.41, 5.74) is 1.79. The highest BCUT2D eigenvalue weighted by atomic mass is 16.7. The molecule has 1 aromatic heterocycles. The monoisotopic (exact) mass is 834 g/mol. The lowest BCUT2D eigenvalue weighted by atomic mass is 9.94. The summed E-state index contributed by atoms with van der Waals surface area (Å²) in [6, 6.07) is 7.51. The number of aromatic nitrogens is 1. The minimum Gasteiger partial charge on any atom is -0.479 e. The lowest BCUT2D eigenvalue weighted by Gasteiger charge is -2.47. The summed E-state index contributed by atoms with van der Waals surface area (Å²) in [6.45, 7) is -0.0797. The number of hydrogen-bond donors (Lipinski definition) is 14. The molecule has 4 saturated heterocycles. The predicted octanol–water partition coefficient (Wildman–Crippen LogP) is -6.74. The van der Waals surface area contributed by atoms with E-state index in [1.54, 1.807) is 6.20 Å². The Morgan fingerprint density at radius 3 is 1.91 bits per heavy atom. The lowest BCUT2D eigenvalue weighted by molar-refractivity contribution is -0.361. The van der Waals surface area contributed by atoms with Crippen molar-refractivity contribution in [2.75, 3.05) is 19.8 Å². The van der Waals surface area contributed by atoms with Crippen LogP contribution in [0.4, 0.5) is 0 Å². The largest absolute Gasteiger partial charge is 0.479 e. The van der Waals surface area contributed by atoms with E-state index in [2.05, 4.69) is 10.3 Å². The Morgan fingerprint density at radius 1 is 0.690 bits per heavy atom. The summed E-state index contributed by atoms with van der Waals surface area (Å²) in [5, 5.41) is 130. The van der Waals surface area contributed by atoms with E-state index in [0.29, 0.717) is 6.42 Å². The molecule has 23 heteroatoms.